The molecule has 1 fully saturated rings. The Morgan fingerprint density at radius 2 is 2.13 bits per heavy atom. The highest BCUT2D eigenvalue weighted by molar-refractivity contribution is 7.22. The fraction of sp³-hybridized carbons (Fsp3) is 0.385. The van der Waals surface area contributed by atoms with E-state index in [1.165, 1.54) is 23.5 Å². The number of fused-ring (bicyclic) bond motifs is 2. The standard InChI is InChI=1S/C13H11F2N3O3S.ClH/c14-13(15)20-8-3-7-10(4-9(8)21-13)22-12(17-7)18-11(19)6-1-2-16-5-6;/h3-4,6,16H,1-2,5H2,(H,17,18,19);1H. The molecule has 2 aliphatic heterocycles. The summed E-state index contributed by atoms with van der Waals surface area (Å²) in [5, 5.41) is 6.32. The van der Waals surface area contributed by atoms with E-state index in [0.717, 1.165) is 13.0 Å². The molecule has 1 saturated heterocycles. The molecule has 3 heterocycles. The molecular formula is C13H12ClF2N3O3S. The maximum absolute atomic E-state index is 13.0. The number of carbonyl (C=O) groups excluding carboxylic acids is 1. The second kappa shape index (κ2) is 5.73. The molecule has 0 saturated carbocycles. The number of benzene rings is 1. The third kappa shape index (κ3) is 3.04. The molecule has 1 amide bonds. The first-order valence-corrected chi connectivity index (χ1v) is 7.54. The lowest BCUT2D eigenvalue weighted by atomic mass is 10.1. The predicted octanol–water partition coefficient (Wildman–Crippen LogP) is 2.59. The Balaban J connectivity index is 0.00000156. The normalized spacial score (nSPS) is 21.2. The van der Waals surface area contributed by atoms with Crippen LogP contribution in [0.3, 0.4) is 0 Å². The molecular weight excluding hydrogens is 352 g/mol. The summed E-state index contributed by atoms with van der Waals surface area (Å²) in [5.74, 6) is -0.238. The van der Waals surface area contributed by atoms with Crippen molar-refractivity contribution in [1.29, 1.82) is 0 Å². The van der Waals surface area contributed by atoms with Gasteiger partial charge in [-0.1, -0.05) is 11.3 Å². The Labute approximate surface area is 139 Å². The zero-order valence-electron chi connectivity index (χ0n) is 11.6. The Morgan fingerprint density at radius 3 is 2.83 bits per heavy atom. The van der Waals surface area contributed by atoms with Crippen molar-refractivity contribution >= 4 is 45.0 Å². The fourth-order valence-corrected chi connectivity index (χ4v) is 3.39. The van der Waals surface area contributed by atoms with Gasteiger partial charge >= 0.3 is 6.29 Å². The first-order valence-electron chi connectivity index (χ1n) is 6.72. The van der Waals surface area contributed by atoms with Gasteiger partial charge in [-0.05, 0) is 13.0 Å². The number of ether oxygens (including phenoxy) is 2. The molecule has 2 N–H and O–H groups in total. The number of hydrogen-bond donors (Lipinski definition) is 2. The molecule has 1 aromatic carbocycles. The first kappa shape index (κ1) is 16.2. The van der Waals surface area contributed by atoms with Crippen LogP contribution in [0.1, 0.15) is 6.42 Å². The molecule has 1 unspecified atom stereocenters. The van der Waals surface area contributed by atoms with Crippen LogP contribution in [0.5, 0.6) is 11.5 Å². The van der Waals surface area contributed by atoms with Crippen LogP contribution in [-0.2, 0) is 4.79 Å². The van der Waals surface area contributed by atoms with Gasteiger partial charge in [-0.3, -0.25) is 4.79 Å². The van der Waals surface area contributed by atoms with Gasteiger partial charge in [-0.25, -0.2) is 4.98 Å². The maximum atomic E-state index is 13.0. The number of anilines is 1. The highest BCUT2D eigenvalue weighted by Gasteiger charge is 2.43. The average Bonchev–Trinajstić information content (AvgIpc) is 3.11. The van der Waals surface area contributed by atoms with E-state index in [1.807, 2.05) is 0 Å². The molecule has 2 aromatic rings. The van der Waals surface area contributed by atoms with Gasteiger partial charge in [0.05, 0.1) is 16.1 Å². The number of aromatic nitrogens is 1. The third-order valence-electron chi connectivity index (χ3n) is 3.57. The highest BCUT2D eigenvalue weighted by atomic mass is 35.5. The number of amides is 1. The Bertz CT molecular complexity index is 719. The van der Waals surface area contributed by atoms with Crippen LogP contribution >= 0.6 is 23.7 Å². The minimum absolute atomic E-state index is 0. The molecule has 2 aliphatic rings. The lowest BCUT2D eigenvalue weighted by molar-refractivity contribution is -0.286. The van der Waals surface area contributed by atoms with E-state index >= 15 is 0 Å². The summed E-state index contributed by atoms with van der Waals surface area (Å²) in [6.45, 7) is 1.48. The van der Waals surface area contributed by atoms with Gasteiger partial charge in [0.2, 0.25) is 5.91 Å². The Morgan fingerprint density at radius 1 is 1.39 bits per heavy atom. The quantitative estimate of drug-likeness (QED) is 0.858. The van der Waals surface area contributed by atoms with E-state index in [1.54, 1.807) is 0 Å². The van der Waals surface area contributed by atoms with Crippen molar-refractivity contribution in [1.82, 2.24) is 10.3 Å². The smallest absolute Gasteiger partial charge is 0.395 e. The Kier molecular flexibility index (Phi) is 4.03. The van der Waals surface area contributed by atoms with Crippen molar-refractivity contribution in [2.45, 2.75) is 12.7 Å². The number of nitrogens with one attached hydrogen (secondary N) is 2. The number of hydrogen-bond acceptors (Lipinski definition) is 6. The van der Waals surface area contributed by atoms with Crippen LogP contribution in [0.15, 0.2) is 12.1 Å². The molecule has 0 spiro atoms. The number of alkyl halides is 2. The van der Waals surface area contributed by atoms with Gasteiger partial charge in [0.25, 0.3) is 0 Å². The summed E-state index contributed by atoms with van der Waals surface area (Å²) in [6.07, 6.45) is -2.85. The maximum Gasteiger partial charge on any atom is 0.586 e. The summed E-state index contributed by atoms with van der Waals surface area (Å²) < 4.78 is 35.4. The topological polar surface area (TPSA) is 72.5 Å². The molecule has 4 rings (SSSR count). The van der Waals surface area contributed by atoms with Crippen molar-refractivity contribution in [3.63, 3.8) is 0 Å². The van der Waals surface area contributed by atoms with Crippen molar-refractivity contribution in [3.05, 3.63) is 12.1 Å². The van der Waals surface area contributed by atoms with Crippen LogP contribution in [0, 0.1) is 5.92 Å². The van der Waals surface area contributed by atoms with Gasteiger partial charge < -0.3 is 20.1 Å². The minimum atomic E-state index is -3.64. The van der Waals surface area contributed by atoms with Gasteiger partial charge in [0, 0.05) is 18.7 Å². The molecule has 6 nitrogen and oxygen atoms in total. The van der Waals surface area contributed by atoms with E-state index in [4.69, 9.17) is 0 Å². The van der Waals surface area contributed by atoms with Crippen LogP contribution in [0.2, 0.25) is 0 Å². The van der Waals surface area contributed by atoms with E-state index in [9.17, 15) is 13.6 Å². The monoisotopic (exact) mass is 363 g/mol. The minimum Gasteiger partial charge on any atom is -0.395 e. The van der Waals surface area contributed by atoms with Crippen LogP contribution in [0.25, 0.3) is 10.2 Å². The summed E-state index contributed by atoms with van der Waals surface area (Å²) in [4.78, 5) is 16.3. The van der Waals surface area contributed by atoms with Gasteiger partial charge in [-0.15, -0.1) is 21.2 Å². The molecule has 0 aliphatic carbocycles. The summed E-state index contributed by atoms with van der Waals surface area (Å²) in [7, 11) is 0. The van der Waals surface area contributed by atoms with Crippen molar-refractivity contribution in [3.8, 4) is 11.5 Å². The van der Waals surface area contributed by atoms with Crippen molar-refractivity contribution in [2.24, 2.45) is 5.92 Å². The first-order chi connectivity index (χ1) is 10.5. The third-order valence-corrected chi connectivity index (χ3v) is 4.51. The van der Waals surface area contributed by atoms with E-state index < -0.39 is 6.29 Å². The summed E-state index contributed by atoms with van der Waals surface area (Å²) >= 11 is 1.21. The molecule has 10 heteroatoms. The Hall–Kier alpha value is -1.71. The number of thiazole rings is 1. The van der Waals surface area contributed by atoms with Crippen LogP contribution < -0.4 is 20.1 Å². The molecule has 124 valence electrons. The highest BCUT2D eigenvalue weighted by Crippen LogP contribution is 2.44. The molecule has 23 heavy (non-hydrogen) atoms. The lowest BCUT2D eigenvalue weighted by Gasteiger charge is -2.06. The number of rotatable bonds is 2. The van der Waals surface area contributed by atoms with E-state index in [0.29, 0.717) is 21.9 Å². The average molecular weight is 364 g/mol. The SMILES string of the molecule is Cl.O=C(Nc1nc2cc3c(cc2s1)OC(F)(F)O3)C1CCNC1. The fourth-order valence-electron chi connectivity index (χ4n) is 2.51. The molecule has 1 atom stereocenters. The molecule has 1 aromatic heterocycles. The zero-order chi connectivity index (χ0) is 15.3. The van der Waals surface area contributed by atoms with Crippen LogP contribution in [0.4, 0.5) is 13.9 Å². The summed E-state index contributed by atoms with van der Waals surface area (Å²) in [5.41, 5.74) is 0.477. The summed E-state index contributed by atoms with van der Waals surface area (Å²) in [6, 6.07) is 2.82. The second-order valence-corrected chi connectivity index (χ2v) is 6.16. The van der Waals surface area contributed by atoms with Gasteiger partial charge in [0.1, 0.15) is 0 Å². The molecule has 0 bridgehead atoms. The van der Waals surface area contributed by atoms with Crippen molar-refractivity contribution in [2.75, 3.05) is 18.4 Å². The van der Waals surface area contributed by atoms with E-state index in [-0.39, 0.29) is 35.7 Å². The number of halogens is 3. The molecule has 0 radical (unpaired) electrons. The predicted molar refractivity (Wildman–Crippen MR) is 82.7 cm³/mol. The van der Waals surface area contributed by atoms with Crippen molar-refractivity contribution < 1.29 is 23.0 Å². The second-order valence-electron chi connectivity index (χ2n) is 5.13. The zero-order valence-corrected chi connectivity index (χ0v) is 13.2. The van der Waals surface area contributed by atoms with Gasteiger partial charge in [0.15, 0.2) is 16.6 Å². The number of nitrogens with zero attached hydrogens (tertiary/aromatic N) is 1. The number of carbonyl (C=O) groups is 1. The largest absolute Gasteiger partial charge is 0.586 e. The van der Waals surface area contributed by atoms with E-state index in [2.05, 4.69) is 25.1 Å². The lowest BCUT2D eigenvalue weighted by Crippen LogP contribution is -2.25. The van der Waals surface area contributed by atoms with Crippen LogP contribution in [-0.4, -0.2) is 30.3 Å². The van der Waals surface area contributed by atoms with Gasteiger partial charge in [-0.2, -0.15) is 0 Å².